The molecule has 37 heavy (non-hydrogen) atoms. The predicted molar refractivity (Wildman–Crippen MR) is 149 cm³/mol. The number of aromatic carboxylic acids is 1. The van der Waals surface area contributed by atoms with E-state index in [1.54, 1.807) is 24.3 Å². The Balaban J connectivity index is 0.00000241. The number of hydrogen-bond acceptors (Lipinski definition) is 4. The molecule has 1 aromatic heterocycles. The van der Waals surface area contributed by atoms with E-state index in [2.05, 4.69) is 10.3 Å². The maximum absolute atomic E-state index is 13.4. The number of nitrogens with one attached hydrogen (secondary N) is 2. The van der Waals surface area contributed by atoms with E-state index in [4.69, 9.17) is 11.5 Å². The van der Waals surface area contributed by atoms with Crippen LogP contribution in [-0.2, 0) is 0 Å². The Hall–Kier alpha value is -3.43. The van der Waals surface area contributed by atoms with Crippen LogP contribution in [0.5, 0.6) is 0 Å². The van der Waals surface area contributed by atoms with Gasteiger partial charge in [0.15, 0.2) is 0 Å². The minimum absolute atomic E-state index is 0. The smallest absolute Gasteiger partial charge is 0.335 e. The van der Waals surface area contributed by atoms with E-state index >= 15 is 0 Å². The average Bonchev–Trinajstić information content (AvgIpc) is 3.25. The largest absolute Gasteiger partial charge is 0.478 e. The van der Waals surface area contributed by atoms with Crippen LogP contribution < -0.4 is 16.8 Å². The Bertz CT molecular complexity index is 1360. The van der Waals surface area contributed by atoms with Crippen molar-refractivity contribution in [3.63, 3.8) is 0 Å². The van der Waals surface area contributed by atoms with Gasteiger partial charge in [-0.2, -0.15) is 0 Å². The van der Waals surface area contributed by atoms with Crippen molar-refractivity contribution in [2.24, 2.45) is 11.5 Å². The van der Waals surface area contributed by atoms with Crippen LogP contribution in [0, 0.1) is 5.82 Å². The van der Waals surface area contributed by atoms with Crippen LogP contribution in [0.4, 0.5) is 4.39 Å². The zero-order valence-electron chi connectivity index (χ0n) is 19.9. The molecule has 4 rings (SSSR count). The third kappa shape index (κ3) is 6.87. The Kier molecular flexibility index (Phi) is 10.6. The van der Waals surface area contributed by atoms with Crippen molar-refractivity contribution < 1.29 is 19.1 Å². The summed E-state index contributed by atoms with van der Waals surface area (Å²) < 4.78 is 13.4. The number of hydrogen-bond donors (Lipinski definition) is 5. The molecule has 0 radical (unpaired) electrons. The van der Waals surface area contributed by atoms with Gasteiger partial charge in [-0.15, -0.1) is 24.8 Å². The molecule has 7 nitrogen and oxygen atoms in total. The SMILES string of the molecule is Cl.Cl.NCCC[C@@H](N)CNC(=O)c1[nH]c2cc(-c3ccc(F)cc3)ccc2c1-c1ccc(C(=O)O)cc1. The molecular weight excluding hydrogens is 518 g/mol. The molecule has 1 heterocycles. The molecule has 0 unspecified atom stereocenters. The number of carbonyl (C=O) groups excluding carboxylic acids is 1. The monoisotopic (exact) mass is 546 g/mol. The standard InChI is InChI=1S/C27H27FN4O3.2ClH/c28-20-10-7-16(8-11-20)19-9-12-22-23(14-19)32-25(26(33)31-15-21(30)2-1-13-29)24(22)17-3-5-18(6-4-17)27(34)35;;/h3-12,14,21,32H,1-2,13,15,29-30H2,(H,31,33)(H,34,35);2*1H/t21-;;/m1../s1. The van der Waals surface area contributed by atoms with Crippen LogP contribution in [0.15, 0.2) is 66.7 Å². The normalized spacial score (nSPS) is 11.3. The van der Waals surface area contributed by atoms with Crippen LogP contribution in [0.1, 0.15) is 33.7 Å². The predicted octanol–water partition coefficient (Wildman–Crippen LogP) is 4.98. The molecule has 0 aliphatic carbocycles. The van der Waals surface area contributed by atoms with Gasteiger partial charge in [0.05, 0.1) is 5.56 Å². The van der Waals surface area contributed by atoms with E-state index in [0.717, 1.165) is 28.5 Å². The molecule has 4 aromatic rings. The number of nitrogens with two attached hydrogens (primary N) is 2. The first kappa shape index (κ1) is 29.8. The summed E-state index contributed by atoms with van der Waals surface area (Å²) in [6.07, 6.45) is 1.48. The fourth-order valence-electron chi connectivity index (χ4n) is 4.06. The third-order valence-corrected chi connectivity index (χ3v) is 5.93. The Morgan fingerprint density at radius 2 is 1.57 bits per heavy atom. The number of aromatic amines is 1. The average molecular weight is 547 g/mol. The molecular formula is C27H29Cl2FN4O3. The lowest BCUT2D eigenvalue weighted by Gasteiger charge is -2.12. The molecule has 7 N–H and O–H groups in total. The van der Waals surface area contributed by atoms with Gasteiger partial charge in [-0.3, -0.25) is 4.79 Å². The molecule has 0 saturated heterocycles. The molecule has 0 aliphatic rings. The lowest BCUT2D eigenvalue weighted by molar-refractivity contribution is 0.0696. The molecule has 0 aliphatic heterocycles. The summed E-state index contributed by atoms with van der Waals surface area (Å²) in [6.45, 7) is 0.836. The number of fused-ring (bicyclic) bond motifs is 1. The van der Waals surface area contributed by atoms with Crippen LogP contribution in [0.3, 0.4) is 0 Å². The quantitative estimate of drug-likeness (QED) is 0.202. The highest BCUT2D eigenvalue weighted by Crippen LogP contribution is 2.35. The summed E-state index contributed by atoms with van der Waals surface area (Å²) >= 11 is 0. The highest BCUT2D eigenvalue weighted by Gasteiger charge is 2.20. The van der Waals surface area contributed by atoms with Gasteiger partial charge in [0.25, 0.3) is 5.91 Å². The van der Waals surface area contributed by atoms with E-state index in [1.807, 2.05) is 18.2 Å². The van der Waals surface area contributed by atoms with Gasteiger partial charge in [0, 0.05) is 29.1 Å². The molecule has 0 fully saturated rings. The number of amides is 1. The van der Waals surface area contributed by atoms with E-state index in [1.165, 1.54) is 24.3 Å². The first-order valence-electron chi connectivity index (χ1n) is 11.4. The summed E-state index contributed by atoms with van der Waals surface area (Å²) in [6, 6.07) is 18.1. The van der Waals surface area contributed by atoms with Crippen molar-refractivity contribution in [1.29, 1.82) is 0 Å². The van der Waals surface area contributed by atoms with Gasteiger partial charge >= 0.3 is 5.97 Å². The van der Waals surface area contributed by atoms with Gasteiger partial charge in [-0.25, -0.2) is 9.18 Å². The van der Waals surface area contributed by atoms with E-state index in [-0.39, 0.29) is 48.1 Å². The fraction of sp³-hybridized carbons (Fsp3) is 0.185. The molecule has 3 aromatic carbocycles. The van der Waals surface area contributed by atoms with E-state index in [0.29, 0.717) is 36.3 Å². The fourth-order valence-corrected chi connectivity index (χ4v) is 4.06. The Labute approximate surface area is 226 Å². The number of halogens is 3. The lowest BCUT2D eigenvalue weighted by Crippen LogP contribution is -2.37. The minimum Gasteiger partial charge on any atom is -0.478 e. The molecule has 1 amide bonds. The van der Waals surface area contributed by atoms with Crippen molar-refractivity contribution in [1.82, 2.24) is 10.3 Å². The summed E-state index contributed by atoms with van der Waals surface area (Å²) in [5.74, 6) is -1.65. The minimum atomic E-state index is -1.02. The Morgan fingerprint density at radius 3 is 2.19 bits per heavy atom. The number of benzene rings is 3. The highest BCUT2D eigenvalue weighted by molar-refractivity contribution is 6.10. The lowest BCUT2D eigenvalue weighted by atomic mass is 9.98. The van der Waals surface area contributed by atoms with Crippen molar-refractivity contribution in [3.8, 4) is 22.3 Å². The number of carboxylic acids is 1. The van der Waals surface area contributed by atoms with E-state index in [9.17, 15) is 19.1 Å². The van der Waals surface area contributed by atoms with Crippen molar-refractivity contribution >= 4 is 47.6 Å². The second kappa shape index (κ2) is 13.2. The van der Waals surface area contributed by atoms with Crippen molar-refractivity contribution in [2.75, 3.05) is 13.1 Å². The van der Waals surface area contributed by atoms with E-state index < -0.39 is 5.97 Å². The van der Waals surface area contributed by atoms with Crippen LogP contribution >= 0.6 is 24.8 Å². The molecule has 0 saturated carbocycles. The topological polar surface area (TPSA) is 134 Å². The second-order valence-electron chi connectivity index (χ2n) is 8.43. The maximum Gasteiger partial charge on any atom is 0.335 e. The number of carboxylic acid groups (broad SMARTS) is 1. The summed E-state index contributed by atoms with van der Waals surface area (Å²) in [5.41, 5.74) is 15.9. The number of aromatic nitrogens is 1. The van der Waals surface area contributed by atoms with Gasteiger partial charge in [-0.1, -0.05) is 36.4 Å². The zero-order valence-corrected chi connectivity index (χ0v) is 21.5. The molecule has 196 valence electrons. The first-order chi connectivity index (χ1) is 16.9. The summed E-state index contributed by atoms with van der Waals surface area (Å²) in [5, 5.41) is 12.9. The van der Waals surface area contributed by atoms with Gasteiger partial charge in [0.1, 0.15) is 11.5 Å². The molecule has 0 spiro atoms. The Morgan fingerprint density at radius 1 is 0.946 bits per heavy atom. The highest BCUT2D eigenvalue weighted by atomic mass is 35.5. The van der Waals surface area contributed by atoms with Crippen molar-refractivity contribution in [3.05, 3.63) is 83.8 Å². The van der Waals surface area contributed by atoms with Crippen LogP contribution in [0.25, 0.3) is 33.2 Å². The summed E-state index contributed by atoms with van der Waals surface area (Å²) in [7, 11) is 0. The molecule has 1 atom stereocenters. The summed E-state index contributed by atoms with van der Waals surface area (Å²) in [4.78, 5) is 27.7. The first-order valence-corrected chi connectivity index (χ1v) is 11.4. The maximum atomic E-state index is 13.4. The van der Waals surface area contributed by atoms with Crippen LogP contribution in [-0.4, -0.2) is 41.1 Å². The van der Waals surface area contributed by atoms with Crippen LogP contribution in [0.2, 0.25) is 0 Å². The number of carbonyl (C=O) groups is 2. The third-order valence-electron chi connectivity index (χ3n) is 5.93. The molecule has 10 heteroatoms. The number of H-pyrrole nitrogens is 1. The van der Waals surface area contributed by atoms with Crippen molar-refractivity contribution in [2.45, 2.75) is 18.9 Å². The van der Waals surface area contributed by atoms with Gasteiger partial charge in [-0.05, 0) is 66.4 Å². The molecule has 0 bridgehead atoms. The second-order valence-corrected chi connectivity index (χ2v) is 8.43. The van der Waals surface area contributed by atoms with Gasteiger partial charge in [0.2, 0.25) is 0 Å². The number of rotatable bonds is 9. The zero-order chi connectivity index (χ0) is 24.9. The van der Waals surface area contributed by atoms with Gasteiger partial charge < -0.3 is 26.9 Å².